The number of nitrogens with zero attached hydrogens (tertiary/aromatic N) is 4. The van der Waals surface area contributed by atoms with Crippen molar-refractivity contribution in [2.24, 2.45) is 0 Å². The van der Waals surface area contributed by atoms with Crippen LogP contribution in [0.4, 0.5) is 11.4 Å². The molecule has 0 unspecified atom stereocenters. The molecule has 2 aromatic carbocycles. The fraction of sp³-hybridized carbons (Fsp3) is 0.182. The van der Waals surface area contributed by atoms with E-state index >= 15 is 0 Å². The Bertz CT molecular complexity index is 1290. The van der Waals surface area contributed by atoms with Crippen LogP contribution in [0.2, 0.25) is 0 Å². The molecule has 1 amide bonds. The van der Waals surface area contributed by atoms with Gasteiger partial charge in [-0.1, -0.05) is 29.6 Å². The lowest BCUT2D eigenvalue weighted by Gasteiger charge is -2.08. The number of methoxy groups -OCH3 is 1. The number of aromatic nitrogens is 4. The van der Waals surface area contributed by atoms with E-state index < -0.39 is 0 Å². The summed E-state index contributed by atoms with van der Waals surface area (Å²) in [5.74, 6) is 8.26. The number of anilines is 2. The second-order valence-electron chi connectivity index (χ2n) is 6.95. The number of ether oxygens (including phenoxy) is 1. The Morgan fingerprint density at radius 3 is 2.76 bits per heavy atom. The molecule has 0 fully saturated rings. The third kappa shape index (κ3) is 6.01. The zero-order chi connectivity index (χ0) is 23.9. The standard InChI is InChI=1S/C22H23N7O2S3/c1-3-10-32-22-26-17-9-6-15(11-18(17)34-22)25-20(30)13-33-21-28-27-19(29(21)23)12-24-14-4-7-16(31-2)8-5-14/h3-9,11,24H,1,10,12-13,23H2,2H3,(H,25,30). The first-order valence-corrected chi connectivity index (χ1v) is 13.0. The summed E-state index contributed by atoms with van der Waals surface area (Å²) in [6.45, 7) is 4.12. The van der Waals surface area contributed by atoms with Gasteiger partial charge in [-0.2, -0.15) is 0 Å². The highest BCUT2D eigenvalue weighted by atomic mass is 32.2. The first-order chi connectivity index (χ1) is 16.6. The molecule has 4 rings (SSSR count). The number of hydrogen-bond acceptors (Lipinski definition) is 10. The van der Waals surface area contributed by atoms with Crippen LogP contribution < -0.4 is 21.2 Å². The zero-order valence-electron chi connectivity index (χ0n) is 18.4. The number of nitrogens with two attached hydrogens (primary N) is 1. The SMILES string of the molecule is C=CCSc1nc2ccc(NC(=O)CSc3nnc(CNc4ccc(OC)cc4)n3N)cc2s1. The lowest BCUT2D eigenvalue weighted by Crippen LogP contribution is -2.18. The van der Waals surface area contributed by atoms with Gasteiger partial charge in [0.2, 0.25) is 11.1 Å². The van der Waals surface area contributed by atoms with Gasteiger partial charge in [0.25, 0.3) is 0 Å². The van der Waals surface area contributed by atoms with Crippen LogP contribution in [0.15, 0.2) is 64.6 Å². The molecule has 34 heavy (non-hydrogen) atoms. The summed E-state index contributed by atoms with van der Waals surface area (Å²) < 4.78 is 8.55. The Labute approximate surface area is 209 Å². The Balaban J connectivity index is 1.29. The molecule has 0 aliphatic carbocycles. The van der Waals surface area contributed by atoms with Crippen molar-refractivity contribution >= 4 is 62.4 Å². The third-order valence-electron chi connectivity index (χ3n) is 4.59. The quantitative estimate of drug-likeness (QED) is 0.154. The van der Waals surface area contributed by atoms with Crippen LogP contribution in [0.5, 0.6) is 5.75 Å². The molecule has 2 aromatic heterocycles. The van der Waals surface area contributed by atoms with Crippen molar-refractivity contribution < 1.29 is 9.53 Å². The number of thiazole rings is 1. The number of carbonyl (C=O) groups is 1. The van der Waals surface area contributed by atoms with E-state index in [9.17, 15) is 4.79 Å². The molecular formula is C22H23N7O2S3. The van der Waals surface area contributed by atoms with Crippen molar-refractivity contribution in [2.45, 2.75) is 16.0 Å². The molecule has 0 saturated heterocycles. The van der Waals surface area contributed by atoms with Crippen LogP contribution >= 0.6 is 34.9 Å². The molecule has 0 atom stereocenters. The monoisotopic (exact) mass is 513 g/mol. The van der Waals surface area contributed by atoms with Gasteiger partial charge in [0.15, 0.2) is 10.2 Å². The topological polar surface area (TPSA) is 120 Å². The molecule has 2 heterocycles. The first kappa shape index (κ1) is 23.9. The largest absolute Gasteiger partial charge is 0.497 e. The fourth-order valence-electron chi connectivity index (χ4n) is 2.92. The van der Waals surface area contributed by atoms with Gasteiger partial charge in [0.1, 0.15) is 5.75 Å². The first-order valence-electron chi connectivity index (χ1n) is 10.2. The second kappa shape index (κ2) is 11.3. The Morgan fingerprint density at radius 1 is 1.21 bits per heavy atom. The second-order valence-corrected chi connectivity index (χ2v) is 10.2. The van der Waals surface area contributed by atoms with E-state index in [0.29, 0.717) is 17.5 Å². The summed E-state index contributed by atoms with van der Waals surface area (Å²) in [6, 6.07) is 13.2. The van der Waals surface area contributed by atoms with Crippen LogP contribution in [-0.4, -0.2) is 44.4 Å². The summed E-state index contributed by atoms with van der Waals surface area (Å²) in [7, 11) is 1.62. The number of rotatable bonds is 11. The lowest BCUT2D eigenvalue weighted by atomic mass is 10.3. The van der Waals surface area contributed by atoms with E-state index in [4.69, 9.17) is 10.6 Å². The number of nitrogens with one attached hydrogen (secondary N) is 2. The molecule has 4 aromatic rings. The molecule has 176 valence electrons. The van der Waals surface area contributed by atoms with Gasteiger partial charge in [-0.25, -0.2) is 9.66 Å². The van der Waals surface area contributed by atoms with Crippen molar-refractivity contribution in [3.63, 3.8) is 0 Å². The Morgan fingerprint density at radius 2 is 2.00 bits per heavy atom. The van der Waals surface area contributed by atoms with E-state index in [1.165, 1.54) is 16.4 Å². The number of benzene rings is 2. The number of hydrogen-bond donors (Lipinski definition) is 3. The number of amides is 1. The maximum absolute atomic E-state index is 12.5. The fourth-order valence-corrected chi connectivity index (χ4v) is 5.46. The summed E-state index contributed by atoms with van der Waals surface area (Å²) in [5.41, 5.74) is 2.54. The highest BCUT2D eigenvalue weighted by molar-refractivity contribution is 8.01. The van der Waals surface area contributed by atoms with Crippen molar-refractivity contribution in [2.75, 3.05) is 35.1 Å². The van der Waals surface area contributed by atoms with Gasteiger partial charge in [0, 0.05) is 17.1 Å². The van der Waals surface area contributed by atoms with Gasteiger partial charge in [-0.15, -0.1) is 28.1 Å². The highest BCUT2D eigenvalue weighted by Gasteiger charge is 2.13. The van der Waals surface area contributed by atoms with E-state index in [0.717, 1.165) is 37.4 Å². The molecular weight excluding hydrogens is 490 g/mol. The van der Waals surface area contributed by atoms with Crippen LogP contribution in [0.25, 0.3) is 10.2 Å². The summed E-state index contributed by atoms with van der Waals surface area (Å²) in [4.78, 5) is 17.0. The highest BCUT2D eigenvalue weighted by Crippen LogP contribution is 2.31. The average molecular weight is 514 g/mol. The molecule has 0 saturated carbocycles. The molecule has 0 aliphatic rings. The third-order valence-corrected chi connectivity index (χ3v) is 7.69. The van der Waals surface area contributed by atoms with Crippen molar-refractivity contribution in [1.29, 1.82) is 0 Å². The Kier molecular flexibility index (Phi) is 7.93. The number of carbonyl (C=O) groups excluding carboxylic acids is 1. The summed E-state index contributed by atoms with van der Waals surface area (Å²) in [5, 5.41) is 14.8. The van der Waals surface area contributed by atoms with Gasteiger partial charge in [0.05, 0.1) is 29.6 Å². The summed E-state index contributed by atoms with van der Waals surface area (Å²) in [6.07, 6.45) is 1.85. The van der Waals surface area contributed by atoms with Crippen molar-refractivity contribution in [1.82, 2.24) is 19.9 Å². The van der Waals surface area contributed by atoms with Gasteiger partial charge in [-0.3, -0.25) is 4.79 Å². The number of fused-ring (bicyclic) bond motifs is 1. The van der Waals surface area contributed by atoms with E-state index in [-0.39, 0.29) is 11.7 Å². The van der Waals surface area contributed by atoms with Crippen molar-refractivity contribution in [3.05, 3.63) is 60.9 Å². The maximum Gasteiger partial charge on any atom is 0.234 e. The molecule has 4 N–H and O–H groups in total. The molecule has 0 spiro atoms. The van der Waals surface area contributed by atoms with Gasteiger partial charge >= 0.3 is 0 Å². The van der Waals surface area contributed by atoms with Crippen LogP contribution in [0.3, 0.4) is 0 Å². The minimum absolute atomic E-state index is 0.155. The average Bonchev–Trinajstić information content (AvgIpc) is 3.42. The van der Waals surface area contributed by atoms with Crippen LogP contribution in [0.1, 0.15) is 5.82 Å². The number of nitrogen functional groups attached to an aromatic ring is 1. The molecule has 9 nitrogen and oxygen atoms in total. The molecule has 0 bridgehead atoms. The minimum Gasteiger partial charge on any atom is -0.497 e. The predicted octanol–water partition coefficient (Wildman–Crippen LogP) is 4.23. The molecule has 12 heteroatoms. The van der Waals surface area contributed by atoms with E-state index in [1.807, 2.05) is 48.5 Å². The molecule has 0 radical (unpaired) electrons. The zero-order valence-corrected chi connectivity index (χ0v) is 20.8. The lowest BCUT2D eigenvalue weighted by molar-refractivity contribution is -0.113. The molecule has 0 aliphatic heterocycles. The van der Waals surface area contributed by atoms with E-state index in [2.05, 4.69) is 32.4 Å². The summed E-state index contributed by atoms with van der Waals surface area (Å²) >= 11 is 4.46. The normalized spacial score (nSPS) is 10.9. The smallest absolute Gasteiger partial charge is 0.234 e. The minimum atomic E-state index is -0.156. The van der Waals surface area contributed by atoms with Crippen LogP contribution in [-0.2, 0) is 11.3 Å². The van der Waals surface area contributed by atoms with Crippen molar-refractivity contribution in [3.8, 4) is 5.75 Å². The maximum atomic E-state index is 12.5. The Hall–Kier alpha value is -3.22. The van der Waals surface area contributed by atoms with Crippen LogP contribution in [0, 0.1) is 0 Å². The number of thioether (sulfide) groups is 2. The van der Waals surface area contributed by atoms with E-state index in [1.54, 1.807) is 30.2 Å². The van der Waals surface area contributed by atoms with Gasteiger partial charge < -0.3 is 21.2 Å². The predicted molar refractivity (Wildman–Crippen MR) is 140 cm³/mol. The van der Waals surface area contributed by atoms with Gasteiger partial charge in [-0.05, 0) is 42.5 Å².